The second kappa shape index (κ2) is 2.77. The highest BCUT2D eigenvalue weighted by Gasteiger charge is 2.77. The lowest BCUT2D eigenvalue weighted by Gasteiger charge is -2.35. The molecule has 4 heteroatoms. The largest absolute Gasteiger partial charge is 0.294 e. The highest BCUT2D eigenvalue weighted by Crippen LogP contribution is 2.70. The third-order valence-corrected chi connectivity index (χ3v) is 5.05. The predicted molar refractivity (Wildman–Crippen MR) is 55.3 cm³/mol. The first kappa shape index (κ1) is 10.9. The first-order valence-electron chi connectivity index (χ1n) is 6.08. The Morgan fingerprint density at radius 1 is 1.25 bits per heavy atom. The highest BCUT2D eigenvalue weighted by molar-refractivity contribution is 5.23. The Bertz CT molecular complexity index is 330. The lowest BCUT2D eigenvalue weighted by atomic mass is 9.79. The van der Waals surface area contributed by atoms with Crippen LogP contribution in [0.25, 0.3) is 0 Å². The molecule has 1 nitrogen and oxygen atoms in total. The van der Waals surface area contributed by atoms with Gasteiger partial charge in [-0.1, -0.05) is 13.8 Å². The maximum atomic E-state index is 13.5. The van der Waals surface area contributed by atoms with Gasteiger partial charge in [0.05, 0.1) is 5.41 Å². The van der Waals surface area contributed by atoms with E-state index in [0.717, 1.165) is 0 Å². The van der Waals surface area contributed by atoms with E-state index in [0.29, 0.717) is 25.9 Å². The molecule has 2 heterocycles. The Hall–Kier alpha value is -0.250. The van der Waals surface area contributed by atoms with Crippen molar-refractivity contribution >= 4 is 0 Å². The van der Waals surface area contributed by atoms with Crippen molar-refractivity contribution in [3.05, 3.63) is 0 Å². The third kappa shape index (κ3) is 1.12. The summed E-state index contributed by atoms with van der Waals surface area (Å²) in [6.07, 6.45) is 0.127. The molecule has 3 unspecified atom stereocenters. The normalized spacial score (nSPS) is 50.2. The number of nitrogens with zero attached hydrogens (tertiary/aromatic N) is 1. The first-order chi connectivity index (χ1) is 7.31. The van der Waals surface area contributed by atoms with Crippen LogP contribution >= 0.6 is 0 Å². The molecule has 2 saturated heterocycles. The van der Waals surface area contributed by atoms with Crippen molar-refractivity contribution in [2.24, 2.45) is 11.3 Å². The van der Waals surface area contributed by atoms with Gasteiger partial charge in [-0.2, -0.15) is 0 Å². The molecule has 3 rings (SSSR count). The van der Waals surface area contributed by atoms with Crippen molar-refractivity contribution < 1.29 is 13.2 Å². The van der Waals surface area contributed by atoms with E-state index in [4.69, 9.17) is 0 Å². The molecule has 0 aromatic carbocycles. The summed E-state index contributed by atoms with van der Waals surface area (Å²) in [5, 5.41) is 0. The fourth-order valence-corrected chi connectivity index (χ4v) is 3.96. The lowest BCUT2D eigenvalue weighted by molar-refractivity contribution is 0.0638. The molecule has 3 fully saturated rings. The van der Waals surface area contributed by atoms with E-state index in [1.165, 1.54) is 0 Å². The van der Waals surface area contributed by atoms with Gasteiger partial charge in [-0.15, -0.1) is 0 Å². The zero-order valence-electron chi connectivity index (χ0n) is 9.77. The zero-order valence-corrected chi connectivity index (χ0v) is 9.77. The van der Waals surface area contributed by atoms with Crippen molar-refractivity contribution in [1.82, 2.24) is 4.90 Å². The van der Waals surface area contributed by atoms with Crippen LogP contribution in [0.3, 0.4) is 0 Å². The summed E-state index contributed by atoms with van der Waals surface area (Å²) in [5.41, 5.74) is -1.10. The van der Waals surface area contributed by atoms with Crippen molar-refractivity contribution in [1.29, 1.82) is 0 Å². The predicted octanol–water partition coefficient (Wildman–Crippen LogP) is 2.85. The van der Waals surface area contributed by atoms with Gasteiger partial charge in [0.2, 0.25) is 0 Å². The minimum atomic E-state index is -2.50. The summed E-state index contributed by atoms with van der Waals surface area (Å²) >= 11 is 0. The maximum Gasteiger partial charge on any atom is 0.255 e. The van der Waals surface area contributed by atoms with E-state index < -0.39 is 17.5 Å². The highest BCUT2D eigenvalue weighted by atomic mass is 19.3. The molecule has 0 radical (unpaired) electrons. The van der Waals surface area contributed by atoms with E-state index in [1.807, 2.05) is 18.7 Å². The van der Waals surface area contributed by atoms with Crippen LogP contribution in [0.15, 0.2) is 0 Å². The minimum Gasteiger partial charge on any atom is -0.294 e. The van der Waals surface area contributed by atoms with Gasteiger partial charge in [-0.3, -0.25) is 4.90 Å². The topological polar surface area (TPSA) is 3.24 Å². The van der Waals surface area contributed by atoms with Crippen LogP contribution in [0.5, 0.6) is 0 Å². The number of hydrogen-bond acceptors (Lipinski definition) is 1. The molecule has 1 saturated carbocycles. The molecule has 1 spiro atoms. The Kier molecular flexibility index (Phi) is 1.88. The average Bonchev–Trinajstić information content (AvgIpc) is 2.41. The molecule has 2 aliphatic heterocycles. The van der Waals surface area contributed by atoms with Gasteiger partial charge in [0, 0.05) is 25.0 Å². The quantitative estimate of drug-likeness (QED) is 0.673. The Labute approximate surface area is 94.0 Å². The van der Waals surface area contributed by atoms with Gasteiger partial charge in [-0.25, -0.2) is 13.2 Å². The summed E-state index contributed by atoms with van der Waals surface area (Å²) < 4.78 is 40.3. The summed E-state index contributed by atoms with van der Waals surface area (Å²) in [4.78, 5) is 2.00. The molecule has 0 aromatic rings. The van der Waals surface area contributed by atoms with Gasteiger partial charge in [0.15, 0.2) is 0 Å². The summed E-state index contributed by atoms with van der Waals surface area (Å²) in [5.74, 6) is -2.24. The SMILES string of the molecule is CC(C)C12CC(F)CN1CC1(C2)CC1(F)F. The standard InChI is InChI=1S/C12H18F3N/c1-8(2)11-3-9(13)4-16(11)7-10(5-11)6-12(10,14)15/h8-9H,3-7H2,1-2H3. The van der Waals surface area contributed by atoms with Gasteiger partial charge in [-0.05, 0) is 18.8 Å². The molecule has 0 amide bonds. The Balaban J connectivity index is 1.90. The number of rotatable bonds is 1. The van der Waals surface area contributed by atoms with Crippen LogP contribution < -0.4 is 0 Å². The summed E-state index contributed by atoms with van der Waals surface area (Å²) in [6, 6.07) is 0. The molecule has 3 aliphatic rings. The maximum absolute atomic E-state index is 13.5. The molecular formula is C12H18F3N. The van der Waals surface area contributed by atoms with Crippen molar-refractivity contribution in [3.8, 4) is 0 Å². The molecule has 16 heavy (non-hydrogen) atoms. The second-order valence-electron chi connectivity index (χ2n) is 6.28. The molecule has 92 valence electrons. The number of alkyl halides is 3. The second-order valence-corrected chi connectivity index (χ2v) is 6.28. The molecule has 0 bridgehead atoms. The summed E-state index contributed by atoms with van der Waals surface area (Å²) in [6.45, 7) is 4.82. The fraction of sp³-hybridized carbons (Fsp3) is 1.00. The van der Waals surface area contributed by atoms with Crippen LogP contribution in [0.2, 0.25) is 0 Å². The van der Waals surface area contributed by atoms with Crippen LogP contribution in [0, 0.1) is 11.3 Å². The monoisotopic (exact) mass is 233 g/mol. The number of fused-ring (bicyclic) bond motifs is 1. The summed E-state index contributed by atoms with van der Waals surface area (Å²) in [7, 11) is 0. The van der Waals surface area contributed by atoms with Crippen molar-refractivity contribution in [3.63, 3.8) is 0 Å². The van der Waals surface area contributed by atoms with Crippen LogP contribution in [-0.4, -0.2) is 35.6 Å². The molecule has 3 atom stereocenters. The minimum absolute atomic E-state index is 0.0158. The Morgan fingerprint density at radius 3 is 2.31 bits per heavy atom. The number of hydrogen-bond donors (Lipinski definition) is 0. The van der Waals surface area contributed by atoms with E-state index in [1.54, 1.807) is 0 Å². The van der Waals surface area contributed by atoms with E-state index in [2.05, 4.69) is 0 Å². The third-order valence-electron chi connectivity index (χ3n) is 5.05. The van der Waals surface area contributed by atoms with Crippen LogP contribution in [0.1, 0.15) is 33.1 Å². The smallest absolute Gasteiger partial charge is 0.255 e. The van der Waals surface area contributed by atoms with Gasteiger partial charge < -0.3 is 0 Å². The Morgan fingerprint density at radius 2 is 1.88 bits per heavy atom. The molecule has 0 aromatic heterocycles. The van der Waals surface area contributed by atoms with Gasteiger partial charge in [0.1, 0.15) is 6.17 Å². The van der Waals surface area contributed by atoms with Crippen LogP contribution in [-0.2, 0) is 0 Å². The van der Waals surface area contributed by atoms with E-state index >= 15 is 0 Å². The van der Waals surface area contributed by atoms with Gasteiger partial charge >= 0.3 is 0 Å². The van der Waals surface area contributed by atoms with Crippen LogP contribution in [0.4, 0.5) is 13.2 Å². The average molecular weight is 233 g/mol. The van der Waals surface area contributed by atoms with E-state index in [-0.39, 0.29) is 17.9 Å². The first-order valence-corrected chi connectivity index (χ1v) is 6.08. The lowest BCUT2D eigenvalue weighted by Crippen LogP contribution is -2.42. The zero-order chi connectivity index (χ0) is 11.8. The molecule has 1 aliphatic carbocycles. The van der Waals surface area contributed by atoms with E-state index in [9.17, 15) is 13.2 Å². The fourth-order valence-electron chi connectivity index (χ4n) is 3.96. The molecular weight excluding hydrogens is 215 g/mol. The van der Waals surface area contributed by atoms with Gasteiger partial charge in [0.25, 0.3) is 5.92 Å². The van der Waals surface area contributed by atoms with Crippen molar-refractivity contribution in [2.75, 3.05) is 13.1 Å². The van der Waals surface area contributed by atoms with Crippen molar-refractivity contribution in [2.45, 2.75) is 50.7 Å². The molecule has 0 N–H and O–H groups in total. The number of halogens is 3.